The van der Waals surface area contributed by atoms with Crippen molar-refractivity contribution in [2.24, 2.45) is 0 Å². The van der Waals surface area contributed by atoms with Crippen LogP contribution < -0.4 is 16.0 Å². The third-order valence-corrected chi connectivity index (χ3v) is 7.49. The van der Waals surface area contributed by atoms with E-state index in [0.717, 1.165) is 0 Å². The summed E-state index contributed by atoms with van der Waals surface area (Å²) in [5.74, 6) is -59.7. The highest BCUT2D eigenvalue weighted by molar-refractivity contribution is 5.87. The summed E-state index contributed by atoms with van der Waals surface area (Å²) in [4.78, 5) is 37.3. The SMILES string of the molecule is COCCOCCOCCOCC(=O)NCC(NC(=O)OCc1ccccc1)C(=O)NCCCC(F)(F)C(F)(F)C(F)(F)C(F)(F)C(F)(F)C(F)(F)C(F)(F)C(F)(F)F. The second-order valence-corrected chi connectivity index (χ2v) is 11.9. The van der Waals surface area contributed by atoms with E-state index in [2.05, 4.69) is 5.32 Å². The Labute approximate surface area is 322 Å². The van der Waals surface area contributed by atoms with Crippen molar-refractivity contribution < 1.29 is 113 Å². The highest BCUT2D eigenvalue weighted by Gasteiger charge is 2.95. The molecule has 1 unspecified atom stereocenters. The normalized spacial score (nSPS) is 14.1. The van der Waals surface area contributed by atoms with Crippen molar-refractivity contribution in [3.63, 3.8) is 0 Å². The molecule has 1 atom stereocenters. The lowest BCUT2D eigenvalue weighted by atomic mass is 9.88. The van der Waals surface area contributed by atoms with Gasteiger partial charge < -0.3 is 39.6 Å². The fourth-order valence-corrected chi connectivity index (χ4v) is 4.13. The summed E-state index contributed by atoms with van der Waals surface area (Å²) < 4.78 is 255. The largest absolute Gasteiger partial charge is 0.460 e. The van der Waals surface area contributed by atoms with Gasteiger partial charge in [-0.2, -0.15) is 74.6 Å². The average molecular weight is 902 g/mol. The second kappa shape index (κ2) is 21.6. The average Bonchev–Trinajstić information content (AvgIpc) is 3.14. The molecule has 0 heterocycles. The van der Waals surface area contributed by atoms with Crippen molar-refractivity contribution in [2.45, 2.75) is 73.1 Å². The number of alkyl carbamates (subject to hydrolysis) is 1. The van der Waals surface area contributed by atoms with Gasteiger partial charge in [-0.3, -0.25) is 9.59 Å². The number of methoxy groups -OCH3 is 1. The molecule has 1 aromatic carbocycles. The number of halogens is 17. The number of amides is 3. The number of hydrogen-bond donors (Lipinski definition) is 3. The minimum Gasteiger partial charge on any atom is -0.445 e. The Morgan fingerprint density at radius 2 is 1.08 bits per heavy atom. The molecule has 1 rings (SSSR count). The molecule has 0 fully saturated rings. The van der Waals surface area contributed by atoms with Crippen LogP contribution in [0.15, 0.2) is 30.3 Å². The van der Waals surface area contributed by atoms with E-state index in [-0.39, 0.29) is 26.4 Å². The molecule has 11 nitrogen and oxygen atoms in total. The molecule has 59 heavy (non-hydrogen) atoms. The first kappa shape index (κ1) is 53.1. The molecular formula is C31H36F17N3O8. The molecule has 0 saturated heterocycles. The van der Waals surface area contributed by atoms with Crippen LogP contribution >= 0.6 is 0 Å². The molecule has 0 saturated carbocycles. The molecule has 1 aromatic rings. The first-order valence-corrected chi connectivity index (χ1v) is 16.4. The number of ether oxygens (including phenoxy) is 5. The van der Waals surface area contributed by atoms with E-state index >= 15 is 0 Å². The number of alkyl halides is 17. The predicted molar refractivity (Wildman–Crippen MR) is 164 cm³/mol. The standard InChI is InChI=1S/C31H36F17N3O8/c1-55-10-11-56-12-13-57-14-15-58-18-21(52)50-16-20(51-23(54)59-17-19-6-3-2-4-7-19)22(53)49-9-5-8-24(32,33)25(34,35)26(36,37)27(38,39)28(40,41)29(42,43)30(44,45)31(46,47)48/h2-4,6-7,20H,5,8-18H2,1H3,(H,49,53)(H,50,52)(H,51,54). The van der Waals surface area contributed by atoms with Crippen molar-refractivity contribution in [3.05, 3.63) is 35.9 Å². The lowest BCUT2D eigenvalue weighted by Crippen LogP contribution is -2.74. The van der Waals surface area contributed by atoms with Crippen LogP contribution in [0.1, 0.15) is 18.4 Å². The summed E-state index contributed by atoms with van der Waals surface area (Å²) in [5, 5.41) is 5.75. The molecule has 0 radical (unpaired) electrons. The molecule has 0 bridgehead atoms. The Kier molecular flexibility index (Phi) is 19.4. The Hall–Kier alpha value is -3.92. The summed E-state index contributed by atoms with van der Waals surface area (Å²) in [5.41, 5.74) is 0.425. The monoisotopic (exact) mass is 901 g/mol. The van der Waals surface area contributed by atoms with Crippen LogP contribution in [0.5, 0.6) is 0 Å². The van der Waals surface area contributed by atoms with E-state index < -0.39 is 111 Å². The number of hydrogen-bond acceptors (Lipinski definition) is 8. The maximum atomic E-state index is 14.3. The molecule has 0 aromatic heterocycles. The van der Waals surface area contributed by atoms with Gasteiger partial charge in [-0.15, -0.1) is 0 Å². The van der Waals surface area contributed by atoms with Crippen LogP contribution in [0.2, 0.25) is 0 Å². The summed E-state index contributed by atoms with van der Waals surface area (Å²) in [6.45, 7) is -2.34. The number of nitrogens with one attached hydrogen (secondary N) is 3. The van der Waals surface area contributed by atoms with E-state index in [1.165, 1.54) is 19.2 Å². The van der Waals surface area contributed by atoms with Gasteiger partial charge in [0.25, 0.3) is 0 Å². The smallest absolute Gasteiger partial charge is 0.445 e. The van der Waals surface area contributed by atoms with Crippen molar-refractivity contribution in [1.82, 2.24) is 16.0 Å². The lowest BCUT2D eigenvalue weighted by molar-refractivity contribution is -0.461. The summed E-state index contributed by atoms with van der Waals surface area (Å²) >= 11 is 0. The first-order valence-electron chi connectivity index (χ1n) is 16.4. The zero-order chi connectivity index (χ0) is 45.6. The number of rotatable bonds is 27. The zero-order valence-electron chi connectivity index (χ0n) is 30.1. The van der Waals surface area contributed by atoms with Gasteiger partial charge in [0.05, 0.1) is 39.6 Å². The maximum absolute atomic E-state index is 14.3. The van der Waals surface area contributed by atoms with Crippen LogP contribution in [-0.2, 0) is 39.9 Å². The van der Waals surface area contributed by atoms with Crippen molar-refractivity contribution >= 4 is 17.9 Å². The Bertz CT molecular complexity index is 1470. The summed E-state index contributed by atoms with van der Waals surface area (Å²) in [7, 11) is 1.47. The van der Waals surface area contributed by atoms with E-state index in [9.17, 15) is 89.0 Å². The van der Waals surface area contributed by atoms with Crippen molar-refractivity contribution in [1.29, 1.82) is 0 Å². The second-order valence-electron chi connectivity index (χ2n) is 11.9. The third-order valence-electron chi connectivity index (χ3n) is 7.49. The van der Waals surface area contributed by atoms with E-state index in [1.807, 2.05) is 5.32 Å². The minimum atomic E-state index is -8.75. The third kappa shape index (κ3) is 13.3. The maximum Gasteiger partial charge on any atom is 0.460 e. The molecule has 0 aliphatic carbocycles. The molecular weight excluding hydrogens is 865 g/mol. The van der Waals surface area contributed by atoms with E-state index in [1.54, 1.807) is 23.5 Å². The summed E-state index contributed by atoms with van der Waals surface area (Å²) in [6.07, 6.45) is -13.7. The van der Waals surface area contributed by atoms with Gasteiger partial charge in [0.1, 0.15) is 19.3 Å². The van der Waals surface area contributed by atoms with Crippen molar-refractivity contribution in [2.75, 3.05) is 66.4 Å². The molecule has 3 amide bonds. The van der Waals surface area contributed by atoms with Gasteiger partial charge in [0.2, 0.25) is 11.8 Å². The molecule has 0 aliphatic rings. The van der Waals surface area contributed by atoms with Crippen LogP contribution in [0.25, 0.3) is 0 Å². The Morgan fingerprint density at radius 1 is 0.610 bits per heavy atom. The Morgan fingerprint density at radius 3 is 1.59 bits per heavy atom. The number of carbonyl (C=O) groups excluding carboxylic acids is 3. The highest BCUT2D eigenvalue weighted by Crippen LogP contribution is 2.64. The van der Waals surface area contributed by atoms with Crippen LogP contribution in [0.3, 0.4) is 0 Å². The minimum absolute atomic E-state index is 0.00486. The van der Waals surface area contributed by atoms with Gasteiger partial charge in [0, 0.05) is 26.6 Å². The molecule has 28 heteroatoms. The van der Waals surface area contributed by atoms with Crippen LogP contribution in [0, 0.1) is 0 Å². The molecule has 342 valence electrons. The van der Waals surface area contributed by atoms with Crippen molar-refractivity contribution in [3.8, 4) is 0 Å². The van der Waals surface area contributed by atoms with Gasteiger partial charge in [-0.1, -0.05) is 30.3 Å². The lowest BCUT2D eigenvalue weighted by Gasteiger charge is -2.42. The fourth-order valence-electron chi connectivity index (χ4n) is 4.13. The first-order chi connectivity index (χ1) is 27.0. The van der Waals surface area contributed by atoms with Gasteiger partial charge >= 0.3 is 53.7 Å². The number of carbonyl (C=O) groups is 3. The van der Waals surface area contributed by atoms with Crippen LogP contribution in [-0.4, -0.2) is 138 Å². The molecule has 0 aliphatic heterocycles. The van der Waals surface area contributed by atoms with Crippen LogP contribution in [0.4, 0.5) is 79.4 Å². The van der Waals surface area contributed by atoms with E-state index in [4.69, 9.17) is 23.7 Å². The quantitative estimate of drug-likeness (QED) is 0.0725. The topological polar surface area (TPSA) is 133 Å². The van der Waals surface area contributed by atoms with E-state index in [0.29, 0.717) is 18.8 Å². The Balaban J connectivity index is 2.97. The van der Waals surface area contributed by atoms with Gasteiger partial charge in [0.15, 0.2) is 0 Å². The molecule has 3 N–H and O–H groups in total. The fraction of sp³-hybridized carbons (Fsp3) is 0.710. The highest BCUT2D eigenvalue weighted by atomic mass is 19.4. The molecule has 0 spiro atoms. The summed E-state index contributed by atoms with van der Waals surface area (Å²) in [6, 6.07) is 5.80. The zero-order valence-corrected chi connectivity index (χ0v) is 30.1. The van der Waals surface area contributed by atoms with Gasteiger partial charge in [-0.05, 0) is 12.0 Å². The van der Waals surface area contributed by atoms with Gasteiger partial charge in [-0.25, -0.2) is 4.79 Å². The predicted octanol–water partition coefficient (Wildman–Crippen LogP) is 6.00. The number of benzene rings is 1.